The number of aromatic nitrogens is 2. The monoisotopic (exact) mass is 493 g/mol. The first kappa shape index (κ1) is 23.3. The largest absolute Gasteiger partial charge is 0.388 e. The first-order valence-corrected chi connectivity index (χ1v) is 13.9. The van der Waals surface area contributed by atoms with E-state index in [1.165, 1.54) is 28.0 Å². The van der Waals surface area contributed by atoms with E-state index < -0.39 is 21.8 Å². The number of fused-ring (bicyclic) bond motifs is 3. The van der Waals surface area contributed by atoms with E-state index >= 15 is 0 Å². The third-order valence-electron chi connectivity index (χ3n) is 5.48. The summed E-state index contributed by atoms with van der Waals surface area (Å²) in [7, 11) is -3.91. The Labute approximate surface area is 196 Å². The minimum atomic E-state index is -3.91. The lowest BCUT2D eigenvalue weighted by molar-refractivity contribution is 0.159. The van der Waals surface area contributed by atoms with Gasteiger partial charge >= 0.3 is 5.69 Å². The maximum atomic E-state index is 13.0. The maximum absolute atomic E-state index is 13.0. The number of aliphatic hydroxyl groups is 1. The van der Waals surface area contributed by atoms with Crippen molar-refractivity contribution in [1.82, 2.24) is 9.55 Å². The summed E-state index contributed by atoms with van der Waals surface area (Å²) in [5.41, 5.74) is 1.65. The van der Waals surface area contributed by atoms with Crippen LogP contribution in [0.4, 0.5) is 5.82 Å². The highest BCUT2D eigenvalue weighted by Gasteiger charge is 2.32. The van der Waals surface area contributed by atoms with Crippen LogP contribution < -0.4 is 10.4 Å². The van der Waals surface area contributed by atoms with Gasteiger partial charge < -0.3 is 5.11 Å². The van der Waals surface area contributed by atoms with Gasteiger partial charge in [-0.25, -0.2) is 13.2 Å². The molecule has 2 aliphatic heterocycles. The van der Waals surface area contributed by atoms with E-state index in [1.807, 2.05) is 6.92 Å². The molecule has 1 unspecified atom stereocenters. The number of anilines is 1. The highest BCUT2D eigenvalue weighted by atomic mass is 32.2. The third-order valence-corrected chi connectivity index (χ3v) is 9.44. The average Bonchev–Trinajstić information content (AvgIpc) is 3.04. The van der Waals surface area contributed by atoms with Crippen LogP contribution in [0.15, 0.2) is 38.2 Å². The molecule has 2 N–H and O–H groups in total. The molecule has 1 aromatic rings. The Morgan fingerprint density at radius 2 is 2.03 bits per heavy atom. The molecule has 4 rings (SSSR count). The van der Waals surface area contributed by atoms with Crippen LogP contribution in [0.2, 0.25) is 0 Å². The predicted octanol–water partition coefficient (Wildman–Crippen LogP) is 4.35. The van der Waals surface area contributed by atoms with Crippen molar-refractivity contribution in [2.75, 3.05) is 10.5 Å². The predicted molar refractivity (Wildman–Crippen MR) is 129 cm³/mol. The molecular weight excluding hydrogens is 466 g/mol. The second-order valence-corrected chi connectivity index (χ2v) is 12.6. The summed E-state index contributed by atoms with van der Waals surface area (Å²) in [5, 5.41) is 10.6. The van der Waals surface area contributed by atoms with Gasteiger partial charge in [0, 0.05) is 5.69 Å². The number of hydrogen-bond donors (Lipinski definition) is 2. The zero-order chi connectivity index (χ0) is 23.0. The second-order valence-electron chi connectivity index (χ2n) is 8.49. The van der Waals surface area contributed by atoms with Crippen molar-refractivity contribution in [3.63, 3.8) is 0 Å². The van der Waals surface area contributed by atoms with E-state index in [-0.39, 0.29) is 10.7 Å². The molecule has 0 bridgehead atoms. The van der Waals surface area contributed by atoms with Crippen molar-refractivity contribution < 1.29 is 13.5 Å². The van der Waals surface area contributed by atoms with Gasteiger partial charge in [-0.2, -0.15) is 4.98 Å². The number of aryl methyl sites for hydroxylation is 1. The Hall–Kier alpha value is -1.88. The zero-order valence-electron chi connectivity index (χ0n) is 18.3. The number of rotatable bonds is 7. The molecule has 3 aliphatic rings. The van der Waals surface area contributed by atoms with E-state index in [9.17, 15) is 18.3 Å². The van der Waals surface area contributed by atoms with Crippen LogP contribution in [0.5, 0.6) is 0 Å². The molecular formula is C22H27N3O4S3. The maximum Gasteiger partial charge on any atom is 0.354 e. The molecule has 2 heterocycles. The topological polar surface area (TPSA) is 101 Å². The molecule has 0 radical (unpaired) electrons. The van der Waals surface area contributed by atoms with E-state index in [2.05, 4.69) is 23.6 Å². The molecule has 1 atom stereocenters. The van der Waals surface area contributed by atoms with Gasteiger partial charge in [-0.1, -0.05) is 31.5 Å². The number of thioether (sulfide) groups is 1. The van der Waals surface area contributed by atoms with Crippen molar-refractivity contribution in [3.8, 4) is 5.69 Å². The van der Waals surface area contributed by atoms with Gasteiger partial charge in [-0.15, -0.1) is 23.1 Å². The molecule has 0 saturated heterocycles. The van der Waals surface area contributed by atoms with Gasteiger partial charge in [0.2, 0.25) is 0 Å². The summed E-state index contributed by atoms with van der Waals surface area (Å²) < 4.78 is 30.9. The van der Waals surface area contributed by atoms with Crippen LogP contribution in [0, 0.1) is 12.8 Å². The van der Waals surface area contributed by atoms with Gasteiger partial charge in [-0.05, 0) is 56.4 Å². The summed E-state index contributed by atoms with van der Waals surface area (Å²) in [5.74, 6) is 1.38. The van der Waals surface area contributed by atoms with Crippen LogP contribution in [-0.4, -0.2) is 28.8 Å². The summed E-state index contributed by atoms with van der Waals surface area (Å²) in [6.07, 6.45) is 2.42. The second kappa shape index (κ2) is 9.17. The lowest BCUT2D eigenvalue weighted by Crippen LogP contribution is -2.23. The zero-order valence-corrected chi connectivity index (χ0v) is 20.7. The molecule has 0 saturated carbocycles. The van der Waals surface area contributed by atoms with Gasteiger partial charge in [0.15, 0.2) is 5.82 Å². The lowest BCUT2D eigenvalue weighted by atomic mass is 10.00. The molecule has 0 amide bonds. The Balaban J connectivity index is 1.82. The summed E-state index contributed by atoms with van der Waals surface area (Å²) in [6, 6.07) is 6.53. The van der Waals surface area contributed by atoms with Crippen molar-refractivity contribution in [2.24, 2.45) is 5.92 Å². The minimum Gasteiger partial charge on any atom is -0.388 e. The van der Waals surface area contributed by atoms with Gasteiger partial charge in [0.05, 0.1) is 20.1 Å². The first-order valence-electron chi connectivity index (χ1n) is 10.7. The number of hydrogen-bond acceptors (Lipinski definition) is 7. The molecule has 1 aromatic carbocycles. The third kappa shape index (κ3) is 4.59. The molecule has 1 aliphatic carbocycles. The van der Waals surface area contributed by atoms with Crippen LogP contribution in [0.3, 0.4) is 0 Å². The van der Waals surface area contributed by atoms with Crippen LogP contribution in [0.1, 0.15) is 55.3 Å². The fourth-order valence-corrected chi connectivity index (χ4v) is 7.62. The SMILES string of the molecule is Cc1ccc(S(=O)(=O)Nc2nc(=O)n3c4c(sc(SCCC(C)C)c2-3)C(O)CCC4)cc1. The number of imidazole rings is 1. The summed E-state index contributed by atoms with van der Waals surface area (Å²) in [6.45, 7) is 6.17. The van der Waals surface area contributed by atoms with E-state index in [4.69, 9.17) is 0 Å². The van der Waals surface area contributed by atoms with Gasteiger partial charge in [0.25, 0.3) is 10.0 Å². The minimum absolute atomic E-state index is 0.0433. The molecule has 0 spiro atoms. The van der Waals surface area contributed by atoms with Gasteiger partial charge in [0.1, 0.15) is 5.69 Å². The summed E-state index contributed by atoms with van der Waals surface area (Å²) in [4.78, 5) is 17.9. The Morgan fingerprint density at radius 3 is 2.72 bits per heavy atom. The fourth-order valence-electron chi connectivity index (χ4n) is 3.71. The molecule has 0 fully saturated rings. The number of benzene rings is 1. The lowest BCUT2D eigenvalue weighted by Gasteiger charge is -2.25. The van der Waals surface area contributed by atoms with Crippen molar-refractivity contribution >= 4 is 38.9 Å². The number of nitrogens with one attached hydrogen (secondary N) is 1. The highest BCUT2D eigenvalue weighted by Crippen LogP contribution is 2.44. The van der Waals surface area contributed by atoms with Crippen LogP contribution in [0.25, 0.3) is 5.69 Å². The fraction of sp³-hybridized carbons (Fsp3) is 0.455. The molecule has 7 nitrogen and oxygen atoms in total. The molecule has 32 heavy (non-hydrogen) atoms. The smallest absolute Gasteiger partial charge is 0.354 e. The van der Waals surface area contributed by atoms with Crippen molar-refractivity contribution in [2.45, 2.75) is 61.7 Å². The normalized spacial score (nSPS) is 16.5. The van der Waals surface area contributed by atoms with E-state index in [0.29, 0.717) is 24.4 Å². The first-order chi connectivity index (χ1) is 15.2. The Bertz CT molecular complexity index is 1250. The molecule has 172 valence electrons. The number of aliphatic hydroxyl groups excluding tert-OH is 1. The van der Waals surface area contributed by atoms with E-state index in [1.54, 1.807) is 23.9 Å². The molecule has 0 aromatic heterocycles. The highest BCUT2D eigenvalue weighted by molar-refractivity contribution is 8.01. The van der Waals surface area contributed by atoms with Crippen molar-refractivity contribution in [1.29, 1.82) is 0 Å². The number of nitrogens with zero attached hydrogens (tertiary/aromatic N) is 2. The van der Waals surface area contributed by atoms with Crippen molar-refractivity contribution in [3.05, 3.63) is 50.9 Å². The van der Waals surface area contributed by atoms with Gasteiger partial charge in [-0.3, -0.25) is 9.29 Å². The Kier molecular flexibility index (Phi) is 6.67. The Morgan fingerprint density at radius 1 is 1.31 bits per heavy atom. The number of sulfonamides is 1. The van der Waals surface area contributed by atoms with Crippen LogP contribution in [-0.2, 0) is 16.4 Å². The average molecular weight is 494 g/mol. The quantitative estimate of drug-likeness (QED) is 0.475. The van der Waals surface area contributed by atoms with E-state index in [0.717, 1.165) is 38.9 Å². The molecule has 10 heteroatoms. The standard InChI is InChI=1S/C22H27N3O4S3/c1-13(2)11-12-30-21-18-20(24-32(28,29)15-9-7-14(3)8-10-15)23-22(27)25(18)16-5-4-6-17(26)19(16)31-21/h7-10,13,17,26H,4-6,11-12H2,1-3H3,(H,23,24,27). The van der Waals surface area contributed by atoms with Crippen LogP contribution >= 0.6 is 23.1 Å². The summed E-state index contributed by atoms with van der Waals surface area (Å²) >= 11 is 3.02.